The van der Waals surface area contributed by atoms with Crippen LogP contribution in [0.15, 0.2) is 47.0 Å². The molecule has 23 heavy (non-hydrogen) atoms. The van der Waals surface area contributed by atoms with Gasteiger partial charge in [0.05, 0.1) is 16.1 Å². The third-order valence-electron chi connectivity index (χ3n) is 3.57. The number of hydrogen-bond acceptors (Lipinski definition) is 3. The Morgan fingerprint density at radius 1 is 1.13 bits per heavy atom. The van der Waals surface area contributed by atoms with Crippen molar-refractivity contribution in [3.63, 3.8) is 0 Å². The first-order chi connectivity index (χ1) is 11.0. The molecular formula is C17H12ClF2NO2. The standard InChI is InChI=1S/C17H12ClF2NO2/c1-9-14(17(22)10-5-7-11(19)8-6-10)16(21-23-9)15-12(18)3-2-4-13(15)20/h2-8,17,22H,1H3/t17-/m0/s1. The highest BCUT2D eigenvalue weighted by atomic mass is 35.5. The number of aryl methyl sites for hydroxylation is 1. The lowest BCUT2D eigenvalue weighted by molar-refractivity contribution is 0.218. The van der Waals surface area contributed by atoms with Crippen molar-refractivity contribution in [1.29, 1.82) is 0 Å². The van der Waals surface area contributed by atoms with E-state index in [4.69, 9.17) is 16.1 Å². The summed E-state index contributed by atoms with van der Waals surface area (Å²) in [6.45, 7) is 1.60. The lowest BCUT2D eigenvalue weighted by Gasteiger charge is -2.12. The molecule has 0 fully saturated rings. The first-order valence-corrected chi connectivity index (χ1v) is 7.21. The fourth-order valence-electron chi connectivity index (χ4n) is 2.42. The third-order valence-corrected chi connectivity index (χ3v) is 3.88. The van der Waals surface area contributed by atoms with Crippen LogP contribution in [0.4, 0.5) is 8.78 Å². The summed E-state index contributed by atoms with van der Waals surface area (Å²) >= 11 is 6.06. The van der Waals surface area contributed by atoms with Crippen molar-refractivity contribution in [2.24, 2.45) is 0 Å². The van der Waals surface area contributed by atoms with Gasteiger partial charge in [-0.3, -0.25) is 0 Å². The number of hydrogen-bond donors (Lipinski definition) is 1. The van der Waals surface area contributed by atoms with Crippen LogP contribution in [-0.4, -0.2) is 10.3 Å². The summed E-state index contributed by atoms with van der Waals surface area (Å²) < 4.78 is 32.3. The number of nitrogens with zero attached hydrogens (tertiary/aromatic N) is 1. The van der Waals surface area contributed by atoms with Gasteiger partial charge in [0.15, 0.2) is 0 Å². The molecule has 0 aliphatic heterocycles. The van der Waals surface area contributed by atoms with Crippen molar-refractivity contribution in [2.45, 2.75) is 13.0 Å². The minimum atomic E-state index is -1.15. The maximum absolute atomic E-state index is 14.1. The Hall–Kier alpha value is -2.24. The second-order valence-corrected chi connectivity index (χ2v) is 5.46. The number of aliphatic hydroxyl groups is 1. The molecule has 0 bridgehead atoms. The molecule has 3 rings (SSSR count). The minimum Gasteiger partial charge on any atom is -0.383 e. The van der Waals surface area contributed by atoms with Crippen molar-refractivity contribution < 1.29 is 18.4 Å². The van der Waals surface area contributed by atoms with Gasteiger partial charge in [0, 0.05) is 0 Å². The quantitative estimate of drug-likeness (QED) is 0.757. The Labute approximate surface area is 136 Å². The topological polar surface area (TPSA) is 46.3 Å². The number of aromatic nitrogens is 1. The van der Waals surface area contributed by atoms with Crippen molar-refractivity contribution in [3.8, 4) is 11.3 Å². The van der Waals surface area contributed by atoms with Crippen molar-refractivity contribution in [1.82, 2.24) is 5.16 Å². The van der Waals surface area contributed by atoms with E-state index in [-0.39, 0.29) is 16.3 Å². The van der Waals surface area contributed by atoms with Crippen LogP contribution >= 0.6 is 11.6 Å². The van der Waals surface area contributed by atoms with Gasteiger partial charge >= 0.3 is 0 Å². The minimum absolute atomic E-state index is 0.0576. The summed E-state index contributed by atoms with van der Waals surface area (Å²) in [7, 11) is 0. The van der Waals surface area contributed by atoms with Gasteiger partial charge < -0.3 is 9.63 Å². The number of rotatable bonds is 3. The first kappa shape index (κ1) is 15.6. The second kappa shape index (κ2) is 6.10. The molecule has 1 atom stereocenters. The van der Waals surface area contributed by atoms with E-state index in [1.54, 1.807) is 6.92 Å². The SMILES string of the molecule is Cc1onc(-c2c(F)cccc2Cl)c1[C@@H](O)c1ccc(F)cc1. The van der Waals surface area contributed by atoms with Crippen LogP contribution in [0.2, 0.25) is 5.02 Å². The summed E-state index contributed by atoms with van der Waals surface area (Å²) in [4.78, 5) is 0. The van der Waals surface area contributed by atoms with Crippen LogP contribution in [0.3, 0.4) is 0 Å². The largest absolute Gasteiger partial charge is 0.383 e. The van der Waals surface area contributed by atoms with Crippen molar-refractivity contribution >= 4 is 11.6 Å². The van der Waals surface area contributed by atoms with Crippen LogP contribution in [0, 0.1) is 18.6 Å². The highest BCUT2D eigenvalue weighted by molar-refractivity contribution is 6.33. The molecule has 0 saturated heterocycles. The van der Waals surface area contributed by atoms with Gasteiger partial charge in [-0.1, -0.05) is 35.0 Å². The first-order valence-electron chi connectivity index (χ1n) is 6.83. The molecule has 0 saturated carbocycles. The van der Waals surface area contributed by atoms with Gasteiger partial charge in [0.2, 0.25) is 0 Å². The van der Waals surface area contributed by atoms with Crippen molar-refractivity contribution in [2.75, 3.05) is 0 Å². The van der Waals surface area contributed by atoms with E-state index in [2.05, 4.69) is 5.16 Å². The molecule has 0 amide bonds. The van der Waals surface area contributed by atoms with Crippen molar-refractivity contribution in [3.05, 3.63) is 76.0 Å². The van der Waals surface area contributed by atoms with Crippen LogP contribution in [0.1, 0.15) is 23.0 Å². The maximum atomic E-state index is 14.1. The Morgan fingerprint density at radius 2 is 1.83 bits per heavy atom. The van der Waals surface area contributed by atoms with E-state index in [0.29, 0.717) is 16.9 Å². The zero-order valence-electron chi connectivity index (χ0n) is 12.1. The highest BCUT2D eigenvalue weighted by Crippen LogP contribution is 2.38. The van der Waals surface area contributed by atoms with E-state index >= 15 is 0 Å². The smallest absolute Gasteiger partial charge is 0.140 e. The summed E-state index contributed by atoms with van der Waals surface area (Å²) in [5.74, 6) is -0.658. The second-order valence-electron chi connectivity index (χ2n) is 5.05. The summed E-state index contributed by atoms with van der Waals surface area (Å²) in [5, 5.41) is 14.6. The van der Waals surface area contributed by atoms with E-state index in [9.17, 15) is 13.9 Å². The molecule has 1 heterocycles. The van der Waals surface area contributed by atoms with Gasteiger partial charge in [0.25, 0.3) is 0 Å². The fraction of sp³-hybridized carbons (Fsp3) is 0.118. The molecule has 0 unspecified atom stereocenters. The highest BCUT2D eigenvalue weighted by Gasteiger charge is 2.26. The van der Waals surface area contributed by atoms with Crippen LogP contribution in [0.25, 0.3) is 11.3 Å². The average molecular weight is 336 g/mol. The Bertz CT molecular complexity index is 826. The van der Waals surface area contributed by atoms with Gasteiger partial charge in [0.1, 0.15) is 29.2 Å². The average Bonchev–Trinajstić information content (AvgIpc) is 2.89. The molecular weight excluding hydrogens is 324 g/mol. The molecule has 1 N–H and O–H groups in total. The molecule has 0 spiro atoms. The zero-order valence-corrected chi connectivity index (χ0v) is 12.8. The van der Waals surface area contributed by atoms with E-state index < -0.39 is 17.7 Å². The van der Waals surface area contributed by atoms with Gasteiger partial charge in [-0.15, -0.1) is 0 Å². The lowest BCUT2D eigenvalue weighted by Crippen LogP contribution is -2.03. The van der Waals surface area contributed by atoms with Crippen LogP contribution < -0.4 is 0 Å². The maximum Gasteiger partial charge on any atom is 0.140 e. The van der Waals surface area contributed by atoms with Gasteiger partial charge in [-0.05, 0) is 36.8 Å². The molecule has 0 radical (unpaired) electrons. The molecule has 6 heteroatoms. The van der Waals surface area contributed by atoms with E-state index in [1.165, 1.54) is 42.5 Å². The summed E-state index contributed by atoms with van der Waals surface area (Å²) in [6.07, 6.45) is -1.15. The molecule has 118 valence electrons. The van der Waals surface area contributed by atoms with Crippen LogP contribution in [-0.2, 0) is 0 Å². The van der Waals surface area contributed by atoms with E-state index in [1.807, 2.05) is 0 Å². The summed E-state index contributed by atoms with van der Waals surface area (Å²) in [6, 6.07) is 9.61. The molecule has 3 aromatic rings. The van der Waals surface area contributed by atoms with Gasteiger partial charge in [-0.2, -0.15) is 0 Å². The van der Waals surface area contributed by atoms with E-state index in [0.717, 1.165) is 0 Å². The molecule has 2 aromatic carbocycles. The third kappa shape index (κ3) is 2.85. The summed E-state index contributed by atoms with van der Waals surface area (Å²) in [5.41, 5.74) is 0.916. The molecule has 1 aromatic heterocycles. The molecule has 3 nitrogen and oxygen atoms in total. The number of benzene rings is 2. The fourth-order valence-corrected chi connectivity index (χ4v) is 2.67. The predicted molar refractivity (Wildman–Crippen MR) is 82.1 cm³/mol. The predicted octanol–water partition coefficient (Wildman–Crippen LogP) is 4.66. The zero-order chi connectivity index (χ0) is 16.6. The molecule has 0 aliphatic rings. The Balaban J connectivity index is 2.14. The number of aliphatic hydroxyl groups excluding tert-OH is 1. The van der Waals surface area contributed by atoms with Crippen LogP contribution in [0.5, 0.6) is 0 Å². The monoisotopic (exact) mass is 335 g/mol. The van der Waals surface area contributed by atoms with Gasteiger partial charge in [-0.25, -0.2) is 8.78 Å². The normalized spacial score (nSPS) is 12.4. The number of halogens is 3. The molecule has 0 aliphatic carbocycles. The Kier molecular flexibility index (Phi) is 4.15. The Morgan fingerprint density at radius 3 is 2.48 bits per heavy atom. The lowest BCUT2D eigenvalue weighted by atomic mass is 9.96.